The van der Waals surface area contributed by atoms with E-state index in [2.05, 4.69) is 29.1 Å². The Kier molecular flexibility index (Phi) is 5.78. The molecule has 1 saturated heterocycles. The second kappa shape index (κ2) is 8.23. The van der Waals surface area contributed by atoms with Crippen LogP contribution in [0.2, 0.25) is 0 Å². The molecular weight excluding hydrogens is 332 g/mol. The third-order valence-corrected chi connectivity index (χ3v) is 4.40. The van der Waals surface area contributed by atoms with E-state index in [1.165, 1.54) is 0 Å². The van der Waals surface area contributed by atoms with Gasteiger partial charge in [-0.25, -0.2) is 4.98 Å². The maximum atomic E-state index is 6.09. The van der Waals surface area contributed by atoms with E-state index in [-0.39, 0.29) is 5.92 Å². The van der Waals surface area contributed by atoms with Gasteiger partial charge in [0.15, 0.2) is 11.6 Å². The van der Waals surface area contributed by atoms with Crippen molar-refractivity contribution in [3.8, 4) is 17.2 Å². The van der Waals surface area contributed by atoms with Crippen molar-refractivity contribution in [2.45, 2.75) is 38.6 Å². The first-order valence-electron chi connectivity index (χ1n) is 8.89. The Bertz CT molecular complexity index is 746. The Hall–Kier alpha value is -2.54. The van der Waals surface area contributed by atoms with Crippen LogP contribution in [0.1, 0.15) is 38.2 Å². The summed E-state index contributed by atoms with van der Waals surface area (Å²) >= 11 is 0. The molecule has 0 aliphatic carbocycles. The third-order valence-electron chi connectivity index (χ3n) is 4.40. The van der Waals surface area contributed by atoms with Gasteiger partial charge >= 0.3 is 0 Å². The second-order valence-electron chi connectivity index (χ2n) is 6.63. The van der Waals surface area contributed by atoms with Gasteiger partial charge in [-0.1, -0.05) is 13.8 Å². The molecule has 0 atom stereocenters. The number of rotatable bonds is 6. The Morgan fingerprint density at radius 2 is 2.00 bits per heavy atom. The van der Waals surface area contributed by atoms with Crippen LogP contribution in [-0.2, 0) is 4.74 Å². The van der Waals surface area contributed by atoms with E-state index in [1.807, 2.05) is 18.2 Å². The number of hydrogen-bond donors (Lipinski definition) is 2. The fourth-order valence-corrected chi connectivity index (χ4v) is 2.87. The number of nitrogens with one attached hydrogen (secondary N) is 1. The van der Waals surface area contributed by atoms with Crippen LogP contribution in [0.25, 0.3) is 0 Å². The van der Waals surface area contributed by atoms with Gasteiger partial charge in [0, 0.05) is 24.8 Å². The average Bonchev–Trinajstić information content (AvgIpc) is 2.65. The van der Waals surface area contributed by atoms with Crippen LogP contribution >= 0.6 is 0 Å². The van der Waals surface area contributed by atoms with Crippen LogP contribution in [0.15, 0.2) is 24.4 Å². The lowest BCUT2D eigenvalue weighted by molar-refractivity contribution is 0.0903. The molecule has 0 radical (unpaired) electrons. The Morgan fingerprint density at radius 1 is 1.23 bits per heavy atom. The quantitative estimate of drug-likeness (QED) is 0.815. The highest BCUT2D eigenvalue weighted by molar-refractivity contribution is 5.52. The summed E-state index contributed by atoms with van der Waals surface area (Å²) in [4.78, 5) is 8.68. The number of anilines is 2. The molecule has 140 valence electrons. The largest absolute Gasteiger partial charge is 0.497 e. The van der Waals surface area contributed by atoms with Crippen molar-refractivity contribution in [3.05, 3.63) is 30.0 Å². The van der Waals surface area contributed by atoms with Crippen molar-refractivity contribution in [2.24, 2.45) is 0 Å². The summed E-state index contributed by atoms with van der Waals surface area (Å²) in [7, 11) is 1.65. The molecule has 3 rings (SSSR count). The predicted octanol–water partition coefficient (Wildman–Crippen LogP) is 3.57. The first-order chi connectivity index (χ1) is 12.6. The number of methoxy groups -OCH3 is 1. The topological polar surface area (TPSA) is 91.5 Å². The summed E-state index contributed by atoms with van der Waals surface area (Å²) in [5, 5.41) is 3.30. The van der Waals surface area contributed by atoms with Crippen LogP contribution in [0.4, 0.5) is 11.8 Å². The van der Waals surface area contributed by atoms with Gasteiger partial charge in [0.25, 0.3) is 0 Å². The zero-order chi connectivity index (χ0) is 18.5. The molecule has 0 amide bonds. The van der Waals surface area contributed by atoms with Gasteiger partial charge < -0.3 is 25.3 Å². The van der Waals surface area contributed by atoms with Gasteiger partial charge in [-0.2, -0.15) is 4.98 Å². The Morgan fingerprint density at radius 3 is 2.65 bits per heavy atom. The summed E-state index contributed by atoms with van der Waals surface area (Å²) in [6, 6.07) is 6.02. The number of nitrogens with zero attached hydrogens (tertiary/aromatic N) is 2. The molecule has 2 heterocycles. The molecule has 1 fully saturated rings. The lowest BCUT2D eigenvalue weighted by atomic mass is 10.0. The Labute approximate surface area is 153 Å². The average molecular weight is 358 g/mol. The van der Waals surface area contributed by atoms with Crippen molar-refractivity contribution in [1.82, 2.24) is 9.97 Å². The fourth-order valence-electron chi connectivity index (χ4n) is 2.87. The van der Waals surface area contributed by atoms with Gasteiger partial charge in [0.2, 0.25) is 5.95 Å². The van der Waals surface area contributed by atoms with E-state index < -0.39 is 0 Å². The fraction of sp³-hybridized carbons (Fsp3) is 0.474. The molecule has 1 aromatic carbocycles. The molecule has 1 aliphatic heterocycles. The van der Waals surface area contributed by atoms with Crippen molar-refractivity contribution in [1.29, 1.82) is 0 Å². The van der Waals surface area contributed by atoms with Gasteiger partial charge in [-0.15, -0.1) is 0 Å². The normalized spacial score (nSPS) is 15.1. The molecule has 3 N–H and O–H groups in total. The summed E-state index contributed by atoms with van der Waals surface area (Å²) in [5.74, 6) is 3.05. The maximum Gasteiger partial charge on any atom is 0.225 e. The molecule has 7 heteroatoms. The van der Waals surface area contributed by atoms with Crippen LogP contribution in [0.5, 0.6) is 17.2 Å². The van der Waals surface area contributed by atoms with Crippen molar-refractivity contribution in [2.75, 3.05) is 31.4 Å². The molecule has 2 aromatic rings. The molecule has 26 heavy (non-hydrogen) atoms. The minimum atomic E-state index is 0.275. The summed E-state index contributed by atoms with van der Waals surface area (Å²) in [6.07, 6.45) is 3.48. The van der Waals surface area contributed by atoms with Crippen LogP contribution < -0.4 is 20.5 Å². The van der Waals surface area contributed by atoms with Crippen molar-refractivity contribution >= 4 is 11.8 Å². The number of nitrogens with two attached hydrogens (primary N) is 1. The SMILES string of the molecule is COc1ccc(Oc2cnc(NC3CCOCC3)nc2N)c(C(C)C)c1. The van der Waals surface area contributed by atoms with Gasteiger partial charge in [0.05, 0.1) is 13.3 Å². The number of nitrogen functional groups attached to an aromatic ring is 1. The van der Waals surface area contributed by atoms with E-state index in [0.29, 0.717) is 23.6 Å². The highest BCUT2D eigenvalue weighted by Gasteiger charge is 2.16. The highest BCUT2D eigenvalue weighted by Crippen LogP contribution is 2.35. The van der Waals surface area contributed by atoms with Crippen molar-refractivity contribution < 1.29 is 14.2 Å². The predicted molar refractivity (Wildman–Crippen MR) is 101 cm³/mol. The van der Waals surface area contributed by atoms with Gasteiger partial charge in [0.1, 0.15) is 11.5 Å². The Balaban J connectivity index is 1.76. The zero-order valence-electron chi connectivity index (χ0n) is 15.5. The number of hydrogen-bond acceptors (Lipinski definition) is 7. The molecule has 0 bridgehead atoms. The monoisotopic (exact) mass is 358 g/mol. The molecule has 0 saturated carbocycles. The molecule has 0 spiro atoms. The van der Waals surface area contributed by atoms with Crippen LogP contribution in [0, 0.1) is 0 Å². The van der Waals surface area contributed by atoms with Crippen molar-refractivity contribution in [3.63, 3.8) is 0 Å². The minimum absolute atomic E-state index is 0.275. The molecular formula is C19H26N4O3. The maximum absolute atomic E-state index is 6.09. The van der Waals surface area contributed by atoms with E-state index in [0.717, 1.165) is 43.1 Å². The van der Waals surface area contributed by atoms with Crippen LogP contribution in [0.3, 0.4) is 0 Å². The molecule has 1 aromatic heterocycles. The minimum Gasteiger partial charge on any atom is -0.497 e. The highest BCUT2D eigenvalue weighted by atomic mass is 16.5. The summed E-state index contributed by atoms with van der Waals surface area (Å²) in [5.41, 5.74) is 7.13. The summed E-state index contributed by atoms with van der Waals surface area (Å²) < 4.78 is 16.7. The smallest absolute Gasteiger partial charge is 0.225 e. The number of aromatic nitrogens is 2. The van der Waals surface area contributed by atoms with E-state index in [9.17, 15) is 0 Å². The standard InChI is InChI=1S/C19H26N4O3/c1-12(2)15-10-14(24-3)4-5-16(15)26-17-11-21-19(23-18(17)20)22-13-6-8-25-9-7-13/h4-5,10-13H,6-9H2,1-3H3,(H3,20,21,22,23). The summed E-state index contributed by atoms with van der Waals surface area (Å²) in [6.45, 7) is 5.71. The van der Waals surface area contributed by atoms with E-state index >= 15 is 0 Å². The molecule has 1 aliphatic rings. The second-order valence-corrected chi connectivity index (χ2v) is 6.63. The van der Waals surface area contributed by atoms with Gasteiger partial charge in [-0.3, -0.25) is 0 Å². The van der Waals surface area contributed by atoms with Crippen LogP contribution in [-0.4, -0.2) is 36.3 Å². The number of ether oxygens (including phenoxy) is 3. The molecule has 7 nitrogen and oxygen atoms in total. The van der Waals surface area contributed by atoms with E-state index in [4.69, 9.17) is 19.9 Å². The lowest BCUT2D eigenvalue weighted by Gasteiger charge is -2.23. The van der Waals surface area contributed by atoms with Gasteiger partial charge in [-0.05, 0) is 37.0 Å². The molecule has 0 unspecified atom stereocenters. The van der Waals surface area contributed by atoms with E-state index in [1.54, 1.807) is 13.3 Å². The first-order valence-corrected chi connectivity index (χ1v) is 8.89. The third kappa shape index (κ3) is 4.35. The lowest BCUT2D eigenvalue weighted by Crippen LogP contribution is -2.28. The number of benzene rings is 1. The first kappa shape index (κ1) is 18.3. The zero-order valence-corrected chi connectivity index (χ0v) is 15.5.